The number of nitrogens with zero attached hydrogens (tertiary/aromatic N) is 1. The van der Waals surface area contributed by atoms with E-state index in [2.05, 4.69) is 16.4 Å². The summed E-state index contributed by atoms with van der Waals surface area (Å²) in [7, 11) is 1.92. The average Bonchev–Trinajstić information content (AvgIpc) is 2.37. The molecule has 0 amide bonds. The molecule has 0 spiro atoms. The van der Waals surface area contributed by atoms with Gasteiger partial charge in [-0.2, -0.15) is 0 Å². The van der Waals surface area contributed by atoms with Gasteiger partial charge in [-0.15, -0.1) is 0 Å². The first-order chi connectivity index (χ1) is 8.78. The Balaban J connectivity index is 1.99. The molecule has 0 aliphatic carbocycles. The second kappa shape index (κ2) is 6.38. The molecule has 0 unspecified atom stereocenters. The summed E-state index contributed by atoms with van der Waals surface area (Å²) in [5.41, 5.74) is 2.21. The Labute approximate surface area is 112 Å². The maximum Gasteiger partial charge on any atom is 0.129 e. The molecule has 0 saturated carbocycles. The minimum atomic E-state index is 0.486. The molecule has 0 radical (unpaired) electrons. The fraction of sp³-hybridized carbons (Fsp3) is 0.214. The molecule has 0 fully saturated rings. The van der Waals surface area contributed by atoms with Crippen LogP contribution in [0.1, 0.15) is 11.1 Å². The minimum absolute atomic E-state index is 0.486. The highest BCUT2D eigenvalue weighted by atomic mass is 35.5. The number of rotatable bonds is 5. The lowest BCUT2D eigenvalue weighted by molar-refractivity contribution is 0.305. The van der Waals surface area contributed by atoms with Crippen LogP contribution in [0.25, 0.3) is 0 Å². The van der Waals surface area contributed by atoms with Gasteiger partial charge in [-0.25, -0.2) is 4.98 Å². The molecule has 94 valence electrons. The third-order valence-electron chi connectivity index (χ3n) is 2.48. The number of pyridine rings is 1. The van der Waals surface area contributed by atoms with E-state index >= 15 is 0 Å². The van der Waals surface area contributed by atoms with E-state index in [1.54, 1.807) is 12.3 Å². The van der Waals surface area contributed by atoms with E-state index < -0.39 is 0 Å². The third-order valence-corrected chi connectivity index (χ3v) is 2.68. The van der Waals surface area contributed by atoms with Crippen molar-refractivity contribution in [2.24, 2.45) is 0 Å². The molecule has 1 aromatic heterocycles. The number of aromatic nitrogens is 1. The van der Waals surface area contributed by atoms with Crippen LogP contribution >= 0.6 is 11.6 Å². The second-order valence-corrected chi connectivity index (χ2v) is 4.34. The Bertz CT molecular complexity index is 517. The van der Waals surface area contributed by atoms with Gasteiger partial charge in [0.05, 0.1) is 0 Å². The molecule has 0 bridgehead atoms. The smallest absolute Gasteiger partial charge is 0.129 e. The standard InChI is InChI=1S/C14H15ClN2O/c1-16-9-11-3-2-4-13(7-11)18-10-12-5-6-17-14(15)8-12/h2-8,16H,9-10H2,1H3. The van der Waals surface area contributed by atoms with Gasteiger partial charge in [-0.05, 0) is 42.4 Å². The number of hydrogen-bond donors (Lipinski definition) is 1. The molecular formula is C14H15ClN2O. The lowest BCUT2D eigenvalue weighted by Gasteiger charge is -2.08. The van der Waals surface area contributed by atoms with Gasteiger partial charge >= 0.3 is 0 Å². The van der Waals surface area contributed by atoms with Gasteiger partial charge in [0.2, 0.25) is 0 Å². The maximum atomic E-state index is 5.82. The number of halogens is 1. The van der Waals surface area contributed by atoms with Crippen LogP contribution in [0.4, 0.5) is 0 Å². The fourth-order valence-corrected chi connectivity index (χ4v) is 1.84. The van der Waals surface area contributed by atoms with E-state index in [0.717, 1.165) is 17.9 Å². The molecule has 0 aliphatic heterocycles. The summed E-state index contributed by atoms with van der Waals surface area (Å²) in [4.78, 5) is 3.93. The Morgan fingerprint density at radius 2 is 2.11 bits per heavy atom. The molecular weight excluding hydrogens is 248 g/mol. The zero-order valence-corrected chi connectivity index (χ0v) is 10.9. The monoisotopic (exact) mass is 262 g/mol. The van der Waals surface area contributed by atoms with E-state index in [0.29, 0.717) is 11.8 Å². The van der Waals surface area contributed by atoms with Crippen molar-refractivity contribution >= 4 is 11.6 Å². The number of nitrogens with one attached hydrogen (secondary N) is 1. The van der Waals surface area contributed by atoms with Gasteiger partial charge in [0, 0.05) is 12.7 Å². The van der Waals surface area contributed by atoms with E-state index in [-0.39, 0.29) is 0 Å². The van der Waals surface area contributed by atoms with Gasteiger partial charge in [-0.3, -0.25) is 0 Å². The summed E-state index contributed by atoms with van der Waals surface area (Å²) in [6.45, 7) is 1.32. The Hall–Kier alpha value is -1.58. The van der Waals surface area contributed by atoms with Gasteiger partial charge in [0.15, 0.2) is 0 Å². The predicted octanol–water partition coefficient (Wildman–Crippen LogP) is 3.03. The lowest BCUT2D eigenvalue weighted by atomic mass is 10.2. The first-order valence-electron chi connectivity index (χ1n) is 5.74. The van der Waals surface area contributed by atoms with Crippen molar-refractivity contribution in [1.29, 1.82) is 0 Å². The number of hydrogen-bond acceptors (Lipinski definition) is 3. The summed E-state index contributed by atoms with van der Waals surface area (Å²) in [6.07, 6.45) is 1.68. The largest absolute Gasteiger partial charge is 0.489 e. The molecule has 0 atom stereocenters. The van der Waals surface area contributed by atoms with Gasteiger partial charge in [-0.1, -0.05) is 23.7 Å². The molecule has 4 heteroatoms. The quantitative estimate of drug-likeness (QED) is 0.841. The molecule has 18 heavy (non-hydrogen) atoms. The van der Waals surface area contributed by atoms with Crippen LogP contribution in [-0.2, 0) is 13.2 Å². The van der Waals surface area contributed by atoms with Crippen LogP contribution in [0.3, 0.4) is 0 Å². The molecule has 1 N–H and O–H groups in total. The maximum absolute atomic E-state index is 5.82. The van der Waals surface area contributed by atoms with Crippen LogP contribution in [0.5, 0.6) is 5.75 Å². The molecule has 2 rings (SSSR count). The highest BCUT2D eigenvalue weighted by molar-refractivity contribution is 6.29. The van der Waals surface area contributed by atoms with Crippen molar-refractivity contribution in [2.75, 3.05) is 7.05 Å². The van der Waals surface area contributed by atoms with Crippen LogP contribution in [-0.4, -0.2) is 12.0 Å². The number of ether oxygens (including phenoxy) is 1. The van der Waals surface area contributed by atoms with Crippen molar-refractivity contribution in [3.63, 3.8) is 0 Å². The lowest BCUT2D eigenvalue weighted by Crippen LogP contribution is -2.05. The predicted molar refractivity (Wildman–Crippen MR) is 72.8 cm³/mol. The Morgan fingerprint density at radius 3 is 2.89 bits per heavy atom. The van der Waals surface area contributed by atoms with Crippen LogP contribution in [0.15, 0.2) is 42.6 Å². The normalized spacial score (nSPS) is 10.3. The van der Waals surface area contributed by atoms with Gasteiger partial charge in [0.1, 0.15) is 17.5 Å². The zero-order valence-electron chi connectivity index (χ0n) is 10.2. The van der Waals surface area contributed by atoms with Crippen molar-refractivity contribution < 1.29 is 4.74 Å². The topological polar surface area (TPSA) is 34.1 Å². The summed E-state index contributed by atoms with van der Waals surface area (Å²) >= 11 is 5.82. The fourth-order valence-electron chi connectivity index (χ4n) is 1.65. The van der Waals surface area contributed by atoms with E-state index in [1.807, 2.05) is 31.3 Å². The highest BCUT2D eigenvalue weighted by Gasteiger charge is 1.99. The molecule has 3 nitrogen and oxygen atoms in total. The van der Waals surface area contributed by atoms with Crippen LogP contribution < -0.4 is 10.1 Å². The highest BCUT2D eigenvalue weighted by Crippen LogP contribution is 2.16. The van der Waals surface area contributed by atoms with Crippen LogP contribution in [0.2, 0.25) is 5.15 Å². The summed E-state index contributed by atoms with van der Waals surface area (Å²) < 4.78 is 5.72. The van der Waals surface area contributed by atoms with Crippen molar-refractivity contribution in [3.05, 3.63) is 58.9 Å². The summed E-state index contributed by atoms with van der Waals surface area (Å²) in [5, 5.41) is 3.60. The summed E-state index contributed by atoms with van der Waals surface area (Å²) in [6, 6.07) is 11.7. The van der Waals surface area contributed by atoms with E-state index in [1.165, 1.54) is 5.56 Å². The first kappa shape index (κ1) is 12.9. The zero-order chi connectivity index (χ0) is 12.8. The van der Waals surface area contributed by atoms with E-state index in [4.69, 9.17) is 16.3 Å². The Morgan fingerprint density at radius 1 is 1.22 bits per heavy atom. The molecule has 1 heterocycles. The second-order valence-electron chi connectivity index (χ2n) is 3.95. The summed E-state index contributed by atoms with van der Waals surface area (Å²) in [5.74, 6) is 0.857. The Kier molecular flexibility index (Phi) is 4.56. The first-order valence-corrected chi connectivity index (χ1v) is 6.12. The van der Waals surface area contributed by atoms with Crippen LogP contribution in [0, 0.1) is 0 Å². The molecule has 0 saturated heterocycles. The number of benzene rings is 1. The third kappa shape index (κ3) is 3.72. The minimum Gasteiger partial charge on any atom is -0.489 e. The SMILES string of the molecule is CNCc1cccc(OCc2ccnc(Cl)c2)c1. The average molecular weight is 263 g/mol. The van der Waals surface area contributed by atoms with Crippen molar-refractivity contribution in [3.8, 4) is 5.75 Å². The molecule has 0 aliphatic rings. The van der Waals surface area contributed by atoms with Gasteiger partial charge < -0.3 is 10.1 Å². The van der Waals surface area contributed by atoms with E-state index in [9.17, 15) is 0 Å². The van der Waals surface area contributed by atoms with Crippen molar-refractivity contribution in [1.82, 2.24) is 10.3 Å². The van der Waals surface area contributed by atoms with Crippen molar-refractivity contribution in [2.45, 2.75) is 13.2 Å². The molecule has 2 aromatic rings. The molecule has 1 aromatic carbocycles. The van der Waals surface area contributed by atoms with Gasteiger partial charge in [0.25, 0.3) is 0 Å².